The monoisotopic (exact) mass is 755 g/mol. The molecule has 29 heteroatoms. The Labute approximate surface area is 366 Å². The van der Waals surface area contributed by atoms with Crippen LogP contribution in [-0.2, 0) is 30.8 Å². The first-order valence-corrected chi connectivity index (χ1v) is 17.3. The molecule has 0 aromatic heterocycles. The van der Waals surface area contributed by atoms with Crippen LogP contribution >= 0.6 is 0 Å². The SMILES string of the molecule is [B]c1c([B])c([B])c(C([B])([B])[C@]([B])(NC(=O)[C@@H](CCCN=C(N)N)NC(=O)[C@@H](N)Cc2ccccc2)C(=O)NC(C(N)=O)C([B])([B])C([B])([B])C([B])([B])C([B])([B])N)c([B])c1[B]. The van der Waals surface area contributed by atoms with E-state index in [1.165, 1.54) is 0 Å². The summed E-state index contributed by atoms with van der Waals surface area (Å²) in [5, 5.41) is -8.00. The van der Waals surface area contributed by atoms with Crippen molar-refractivity contribution in [2.45, 2.75) is 69.0 Å². The third kappa shape index (κ3) is 10.7. The van der Waals surface area contributed by atoms with Gasteiger partial charge in [-0.25, -0.2) is 0 Å². The van der Waals surface area contributed by atoms with Crippen molar-refractivity contribution >= 4 is 182 Å². The molecule has 0 bridgehead atoms. The minimum atomic E-state index is -3.31. The van der Waals surface area contributed by atoms with Gasteiger partial charge < -0.3 is 44.6 Å². The molecule has 4 amide bonds. The van der Waals surface area contributed by atoms with Gasteiger partial charge in [0.15, 0.2) is 5.96 Å². The second-order valence-corrected chi connectivity index (χ2v) is 14.3. The van der Waals surface area contributed by atoms with E-state index < -0.39 is 101 Å². The Morgan fingerprint density at radius 3 is 1.64 bits per heavy atom. The number of rotatable bonds is 19. The van der Waals surface area contributed by atoms with Gasteiger partial charge in [0.05, 0.1) is 96.0 Å². The number of amides is 4. The Bertz CT molecular complexity index is 1900. The zero-order valence-electron chi connectivity index (χ0n) is 32.2. The van der Waals surface area contributed by atoms with E-state index in [0.29, 0.717) is 5.56 Å². The Morgan fingerprint density at radius 1 is 0.695 bits per heavy atom. The maximum atomic E-state index is 14.6. The summed E-state index contributed by atoms with van der Waals surface area (Å²) in [7, 11) is 98.5. The van der Waals surface area contributed by atoms with Gasteiger partial charge in [-0.15, -0.1) is 37.7 Å². The fraction of sp³-hybridized carbons (Fsp3) is 0.433. The quantitative estimate of drug-likeness (QED) is 0.0296. The molecule has 2 aromatic rings. The normalized spacial score (nSPS) is 15.0. The first-order chi connectivity index (χ1) is 26.7. The highest BCUT2D eigenvalue weighted by Gasteiger charge is 2.56. The molecule has 0 spiro atoms. The second kappa shape index (κ2) is 19.1. The lowest BCUT2D eigenvalue weighted by molar-refractivity contribution is -0.135. The van der Waals surface area contributed by atoms with Gasteiger partial charge in [0.1, 0.15) is 53.1 Å². The first kappa shape index (κ1) is 51.7. The zero-order valence-corrected chi connectivity index (χ0v) is 32.2. The lowest BCUT2D eigenvalue weighted by atomic mass is 9.11. The number of carbonyl (C=O) groups is 4. The van der Waals surface area contributed by atoms with E-state index >= 15 is 0 Å². The van der Waals surface area contributed by atoms with Gasteiger partial charge >= 0.3 is 0 Å². The fourth-order valence-corrected chi connectivity index (χ4v) is 5.76. The standard InChI is InChI=1S/C30H29B16N9O4/c31-14-13(15(32)17(34)18(35)16(14)33)25(36,37)27(40,23(59)54-19(20(48)56)26(38,39)28(41,42)29(43,44)30(45,46)51)55-22(58)12(7-4-8-52-24(49)50)53-21(57)11(47)9-10-5-2-1-3-6-10/h1-3,5-6,11-12,19H,4,7-9,47,51H2,(H2,48,56)(H,53,57)(H,54,59)(H,55,58)(H4,49,50,52)/t11-,12+,19?,27+/m0/s1. The van der Waals surface area contributed by atoms with E-state index in [9.17, 15) is 19.2 Å². The highest BCUT2D eigenvalue weighted by Crippen LogP contribution is 2.60. The molecule has 1 unspecified atom stereocenters. The molecule has 2 rings (SSSR count). The second-order valence-electron chi connectivity index (χ2n) is 14.3. The number of aliphatic imine (C=N–C) groups is 1. The van der Waals surface area contributed by atoms with Crippen LogP contribution in [0.3, 0.4) is 0 Å². The Hall–Kier alpha value is -3.45. The van der Waals surface area contributed by atoms with Gasteiger partial charge in [-0.1, -0.05) is 51.7 Å². The fourth-order valence-electron chi connectivity index (χ4n) is 5.76. The predicted octanol–water partition coefficient (Wildman–Crippen LogP) is -12.5. The average Bonchev–Trinajstić information content (AvgIpc) is 3.12. The third-order valence-electron chi connectivity index (χ3n) is 9.81. The van der Waals surface area contributed by atoms with Gasteiger partial charge in [-0.3, -0.25) is 24.2 Å². The van der Waals surface area contributed by atoms with Crippen molar-refractivity contribution in [3.05, 3.63) is 41.5 Å². The summed E-state index contributed by atoms with van der Waals surface area (Å²) < 4.78 is 0. The first-order valence-electron chi connectivity index (χ1n) is 17.3. The van der Waals surface area contributed by atoms with Crippen LogP contribution in [0.25, 0.3) is 0 Å². The summed E-state index contributed by atoms with van der Waals surface area (Å²) in [5.41, 5.74) is 22.7. The molecule has 13 nitrogen and oxygen atoms in total. The van der Waals surface area contributed by atoms with E-state index in [-0.39, 0.29) is 37.2 Å². The molecule has 0 heterocycles. The number of hydrogen-bond donors (Lipinski definition) is 8. The van der Waals surface area contributed by atoms with Crippen molar-refractivity contribution in [3.63, 3.8) is 0 Å². The minimum Gasteiger partial charge on any atom is -0.370 e. The van der Waals surface area contributed by atoms with Crippen molar-refractivity contribution in [3.8, 4) is 0 Å². The number of nitrogens with one attached hydrogen (secondary N) is 3. The van der Waals surface area contributed by atoms with Crippen LogP contribution in [0.2, 0.25) is 15.6 Å². The maximum absolute atomic E-state index is 14.6. The smallest absolute Gasteiger partial charge is 0.242 e. The maximum Gasteiger partial charge on any atom is 0.242 e. The largest absolute Gasteiger partial charge is 0.370 e. The highest BCUT2D eigenvalue weighted by atomic mass is 16.2. The molecule has 2 aromatic carbocycles. The molecule has 0 saturated heterocycles. The van der Waals surface area contributed by atoms with Crippen LogP contribution in [0, 0.1) is 0 Å². The third-order valence-corrected chi connectivity index (χ3v) is 9.81. The number of guanidine groups is 1. The number of primary amides is 1. The number of carbonyl (C=O) groups excluding carboxylic acids is 4. The highest BCUT2D eigenvalue weighted by molar-refractivity contribution is 6.69. The number of hydrogen-bond acceptors (Lipinski definition) is 7. The van der Waals surface area contributed by atoms with Gasteiger partial charge in [-0.2, -0.15) is 0 Å². The zero-order chi connectivity index (χ0) is 45.9. The Kier molecular flexibility index (Phi) is 16.7. The van der Waals surface area contributed by atoms with Crippen LogP contribution in [0.4, 0.5) is 0 Å². The molecule has 32 radical (unpaired) electrons. The lowest BCUT2D eigenvalue weighted by Crippen LogP contribution is -2.77. The van der Waals surface area contributed by atoms with Crippen LogP contribution in [0.5, 0.6) is 0 Å². The number of nitrogens with zero attached hydrogens (tertiary/aromatic N) is 1. The van der Waals surface area contributed by atoms with Gasteiger partial charge in [0, 0.05) is 6.54 Å². The van der Waals surface area contributed by atoms with E-state index in [1.807, 2.05) is 5.32 Å². The molecule has 266 valence electrons. The lowest BCUT2D eigenvalue weighted by Gasteiger charge is -2.63. The molecule has 4 atom stereocenters. The molecular formula is C30H29B16N9O4. The van der Waals surface area contributed by atoms with Gasteiger partial charge in [0.25, 0.3) is 0 Å². The van der Waals surface area contributed by atoms with Gasteiger partial charge in [-0.05, 0) is 24.8 Å². The summed E-state index contributed by atoms with van der Waals surface area (Å²) in [5.74, 6) is -5.70. The molecule has 13 N–H and O–H groups in total. The number of nitrogens with two attached hydrogens (primary N) is 5. The molecule has 0 aliphatic heterocycles. The van der Waals surface area contributed by atoms with Crippen LogP contribution in [0.1, 0.15) is 24.0 Å². The van der Waals surface area contributed by atoms with Crippen molar-refractivity contribution in [2.75, 3.05) is 6.54 Å². The van der Waals surface area contributed by atoms with E-state index in [1.54, 1.807) is 30.3 Å². The average molecular weight is 753 g/mol. The van der Waals surface area contributed by atoms with E-state index in [4.69, 9.17) is 154 Å². The summed E-state index contributed by atoms with van der Waals surface area (Å²) in [6.45, 7) is -0.0458. The van der Waals surface area contributed by atoms with Crippen molar-refractivity contribution < 1.29 is 19.2 Å². The van der Waals surface area contributed by atoms with Crippen molar-refractivity contribution in [2.24, 2.45) is 33.7 Å². The summed E-state index contributed by atoms with van der Waals surface area (Å²) in [6.07, 6.45) is -0.175. The molecular weight excluding hydrogens is 723 g/mol. The minimum absolute atomic E-state index is 0.0296. The van der Waals surface area contributed by atoms with E-state index in [0.717, 1.165) is 0 Å². The number of benzene rings is 2. The molecule has 0 aliphatic rings. The molecule has 0 saturated carbocycles. The van der Waals surface area contributed by atoms with Crippen molar-refractivity contribution in [1.82, 2.24) is 16.0 Å². The van der Waals surface area contributed by atoms with Crippen LogP contribution in [0.15, 0.2) is 35.3 Å². The molecule has 0 fully saturated rings. The molecule has 0 aliphatic carbocycles. The molecule has 59 heavy (non-hydrogen) atoms. The van der Waals surface area contributed by atoms with Gasteiger partial charge in [0.2, 0.25) is 23.6 Å². The van der Waals surface area contributed by atoms with Crippen LogP contribution < -0.4 is 71.9 Å². The Morgan fingerprint density at radius 2 is 1.19 bits per heavy atom. The van der Waals surface area contributed by atoms with Crippen LogP contribution in [-0.4, -0.2) is 191 Å². The summed E-state index contributed by atoms with van der Waals surface area (Å²) >= 11 is 0. The predicted molar refractivity (Wildman–Crippen MR) is 245 cm³/mol. The van der Waals surface area contributed by atoms with Crippen molar-refractivity contribution in [1.29, 1.82) is 0 Å². The Balaban J connectivity index is 2.84. The summed E-state index contributed by atoms with van der Waals surface area (Å²) in [6, 6.07) is 3.35. The van der Waals surface area contributed by atoms with E-state index in [2.05, 4.69) is 15.6 Å². The topological polar surface area (TPSA) is 247 Å². The summed E-state index contributed by atoms with van der Waals surface area (Å²) in [4.78, 5) is 59.3.